The van der Waals surface area contributed by atoms with Crippen LogP contribution in [0, 0.1) is 0 Å². The van der Waals surface area contributed by atoms with Gasteiger partial charge in [0.1, 0.15) is 22.8 Å². The minimum absolute atomic E-state index is 0.0679. The number of phenols is 2. The summed E-state index contributed by atoms with van der Waals surface area (Å²) in [6.45, 7) is 0. The molecule has 2 aromatic carbocycles. The van der Waals surface area contributed by atoms with Gasteiger partial charge in [-0.1, -0.05) is 24.3 Å². The predicted octanol–water partition coefficient (Wildman–Crippen LogP) is 3.06. The Morgan fingerprint density at radius 3 is 2.32 bits per heavy atom. The molecule has 2 aromatic rings. The molecule has 5 heteroatoms. The van der Waals surface area contributed by atoms with Crippen molar-refractivity contribution in [2.24, 2.45) is 0 Å². The second-order valence-electron chi connectivity index (χ2n) is 4.53. The summed E-state index contributed by atoms with van der Waals surface area (Å²) < 4.78 is 9.79. The van der Waals surface area contributed by atoms with Crippen LogP contribution in [0.4, 0.5) is 0 Å². The van der Waals surface area contributed by atoms with Crippen molar-refractivity contribution in [2.45, 2.75) is 0 Å². The summed E-state index contributed by atoms with van der Waals surface area (Å²) in [5.41, 5.74) is 1.37. The Kier molecular flexibility index (Phi) is 4.68. The van der Waals surface area contributed by atoms with Crippen molar-refractivity contribution in [2.75, 3.05) is 14.2 Å². The standard InChI is InChI=1S/C17H16O5/c1-21-14-9-12(16(15(19)10-14)17(20)22-2)6-3-11-4-7-13(18)8-5-11/h3-10,18-19H,1-2H3/b6-3+. The molecule has 0 radical (unpaired) electrons. The smallest absolute Gasteiger partial charge is 0.342 e. The molecule has 0 amide bonds. The Morgan fingerprint density at radius 2 is 1.73 bits per heavy atom. The van der Waals surface area contributed by atoms with Crippen molar-refractivity contribution in [3.8, 4) is 17.2 Å². The highest BCUT2D eigenvalue weighted by Crippen LogP contribution is 2.30. The molecular formula is C17H16O5. The highest BCUT2D eigenvalue weighted by molar-refractivity contribution is 5.98. The molecule has 0 aliphatic rings. The van der Waals surface area contributed by atoms with Crippen molar-refractivity contribution >= 4 is 18.1 Å². The summed E-state index contributed by atoms with van der Waals surface area (Å²) >= 11 is 0. The Bertz CT molecular complexity index is 702. The first kappa shape index (κ1) is 15.4. The maximum absolute atomic E-state index is 11.8. The molecule has 0 saturated carbocycles. The normalized spacial score (nSPS) is 10.6. The second-order valence-corrected chi connectivity index (χ2v) is 4.53. The van der Waals surface area contributed by atoms with Gasteiger partial charge in [0.05, 0.1) is 14.2 Å². The topological polar surface area (TPSA) is 76.0 Å². The first-order valence-electron chi connectivity index (χ1n) is 6.51. The third kappa shape index (κ3) is 3.38. The zero-order valence-electron chi connectivity index (χ0n) is 12.2. The van der Waals surface area contributed by atoms with Crippen LogP contribution in [0.25, 0.3) is 12.2 Å². The van der Waals surface area contributed by atoms with Gasteiger partial charge in [0, 0.05) is 6.07 Å². The van der Waals surface area contributed by atoms with Crippen LogP contribution in [-0.2, 0) is 4.74 Å². The van der Waals surface area contributed by atoms with Gasteiger partial charge in [-0.2, -0.15) is 0 Å². The van der Waals surface area contributed by atoms with E-state index in [1.807, 2.05) is 0 Å². The average Bonchev–Trinajstić information content (AvgIpc) is 2.53. The summed E-state index contributed by atoms with van der Waals surface area (Å²) in [6, 6.07) is 9.55. The van der Waals surface area contributed by atoms with E-state index >= 15 is 0 Å². The molecule has 0 saturated heterocycles. The number of carbonyl (C=O) groups is 1. The van der Waals surface area contributed by atoms with Crippen LogP contribution in [0.15, 0.2) is 36.4 Å². The molecule has 0 bridgehead atoms. The van der Waals surface area contributed by atoms with Crippen LogP contribution < -0.4 is 4.74 Å². The van der Waals surface area contributed by atoms with E-state index in [0.717, 1.165) is 5.56 Å². The number of rotatable bonds is 4. The molecule has 0 aromatic heterocycles. The van der Waals surface area contributed by atoms with E-state index in [1.54, 1.807) is 42.5 Å². The summed E-state index contributed by atoms with van der Waals surface area (Å²) in [5, 5.41) is 19.3. The molecule has 0 aliphatic carbocycles. The Balaban J connectivity index is 2.45. The molecule has 22 heavy (non-hydrogen) atoms. The first-order chi connectivity index (χ1) is 10.5. The second kappa shape index (κ2) is 6.67. The quantitative estimate of drug-likeness (QED) is 0.670. The fourth-order valence-corrected chi connectivity index (χ4v) is 1.97. The Labute approximate surface area is 128 Å². The van der Waals surface area contributed by atoms with E-state index in [2.05, 4.69) is 0 Å². The van der Waals surface area contributed by atoms with Gasteiger partial charge in [-0.05, 0) is 29.3 Å². The van der Waals surface area contributed by atoms with Gasteiger partial charge in [-0.3, -0.25) is 0 Å². The zero-order valence-corrected chi connectivity index (χ0v) is 12.2. The molecule has 114 valence electrons. The SMILES string of the molecule is COC(=O)c1c(O)cc(OC)cc1/C=C/c1ccc(O)cc1. The molecule has 2 rings (SSSR count). The van der Waals surface area contributed by atoms with Gasteiger partial charge in [0.2, 0.25) is 0 Å². The van der Waals surface area contributed by atoms with Crippen molar-refractivity contribution < 1.29 is 24.5 Å². The first-order valence-corrected chi connectivity index (χ1v) is 6.51. The van der Waals surface area contributed by atoms with Gasteiger partial charge in [-0.25, -0.2) is 4.79 Å². The lowest BCUT2D eigenvalue weighted by atomic mass is 10.0. The highest BCUT2D eigenvalue weighted by atomic mass is 16.5. The van der Waals surface area contributed by atoms with Gasteiger partial charge in [0.25, 0.3) is 0 Å². The summed E-state index contributed by atoms with van der Waals surface area (Å²) in [6.07, 6.45) is 3.42. The number of ether oxygens (including phenoxy) is 2. The number of hydrogen-bond acceptors (Lipinski definition) is 5. The summed E-state index contributed by atoms with van der Waals surface area (Å²) in [4.78, 5) is 11.8. The van der Waals surface area contributed by atoms with E-state index in [-0.39, 0.29) is 17.1 Å². The lowest BCUT2D eigenvalue weighted by Crippen LogP contribution is -2.04. The van der Waals surface area contributed by atoms with E-state index in [4.69, 9.17) is 9.47 Å². The van der Waals surface area contributed by atoms with E-state index in [0.29, 0.717) is 11.3 Å². The highest BCUT2D eigenvalue weighted by Gasteiger charge is 2.17. The third-order valence-corrected chi connectivity index (χ3v) is 3.10. The zero-order chi connectivity index (χ0) is 16.1. The van der Waals surface area contributed by atoms with Crippen LogP contribution in [-0.4, -0.2) is 30.4 Å². The lowest BCUT2D eigenvalue weighted by molar-refractivity contribution is 0.0597. The summed E-state index contributed by atoms with van der Waals surface area (Å²) in [7, 11) is 2.72. The largest absolute Gasteiger partial charge is 0.508 e. The monoisotopic (exact) mass is 300 g/mol. The van der Waals surface area contributed by atoms with Gasteiger partial charge in [0.15, 0.2) is 0 Å². The minimum atomic E-state index is -0.634. The Hall–Kier alpha value is -2.95. The van der Waals surface area contributed by atoms with Crippen LogP contribution in [0.3, 0.4) is 0 Å². The lowest BCUT2D eigenvalue weighted by Gasteiger charge is -2.09. The fourth-order valence-electron chi connectivity index (χ4n) is 1.97. The van der Waals surface area contributed by atoms with E-state index in [1.165, 1.54) is 20.3 Å². The number of esters is 1. The molecule has 0 aliphatic heterocycles. The van der Waals surface area contributed by atoms with Crippen molar-refractivity contribution in [3.63, 3.8) is 0 Å². The molecule has 2 N–H and O–H groups in total. The number of aromatic hydroxyl groups is 2. The maximum atomic E-state index is 11.8. The number of hydrogen-bond donors (Lipinski definition) is 2. The number of methoxy groups -OCH3 is 2. The van der Waals surface area contributed by atoms with E-state index in [9.17, 15) is 15.0 Å². The van der Waals surface area contributed by atoms with Crippen LogP contribution in [0.2, 0.25) is 0 Å². The molecule has 0 unspecified atom stereocenters. The Morgan fingerprint density at radius 1 is 1.05 bits per heavy atom. The van der Waals surface area contributed by atoms with Crippen LogP contribution in [0.5, 0.6) is 17.2 Å². The molecule has 0 heterocycles. The minimum Gasteiger partial charge on any atom is -0.508 e. The molecular weight excluding hydrogens is 284 g/mol. The van der Waals surface area contributed by atoms with Crippen molar-refractivity contribution in [1.29, 1.82) is 0 Å². The van der Waals surface area contributed by atoms with Crippen molar-refractivity contribution in [3.05, 3.63) is 53.1 Å². The third-order valence-electron chi connectivity index (χ3n) is 3.10. The molecule has 0 fully saturated rings. The van der Waals surface area contributed by atoms with Crippen LogP contribution >= 0.6 is 0 Å². The average molecular weight is 300 g/mol. The molecule has 5 nitrogen and oxygen atoms in total. The van der Waals surface area contributed by atoms with E-state index < -0.39 is 5.97 Å². The van der Waals surface area contributed by atoms with Gasteiger partial charge >= 0.3 is 5.97 Å². The number of phenolic OH excluding ortho intramolecular Hbond substituents is 2. The molecule has 0 spiro atoms. The number of carbonyl (C=O) groups excluding carboxylic acids is 1. The predicted molar refractivity (Wildman–Crippen MR) is 83.0 cm³/mol. The van der Waals surface area contributed by atoms with Crippen molar-refractivity contribution in [1.82, 2.24) is 0 Å². The maximum Gasteiger partial charge on any atom is 0.342 e. The number of benzene rings is 2. The summed E-state index contributed by atoms with van der Waals surface area (Å²) in [5.74, 6) is -0.246. The molecule has 0 atom stereocenters. The van der Waals surface area contributed by atoms with Crippen LogP contribution in [0.1, 0.15) is 21.5 Å². The van der Waals surface area contributed by atoms with Gasteiger partial charge < -0.3 is 19.7 Å². The van der Waals surface area contributed by atoms with Gasteiger partial charge in [-0.15, -0.1) is 0 Å². The fraction of sp³-hybridized carbons (Fsp3) is 0.118.